The summed E-state index contributed by atoms with van der Waals surface area (Å²) in [7, 11) is 1.33. The van der Waals surface area contributed by atoms with E-state index >= 15 is 0 Å². The van der Waals surface area contributed by atoms with E-state index in [0.717, 1.165) is 24.0 Å². The second-order valence-corrected chi connectivity index (χ2v) is 12.2. The van der Waals surface area contributed by atoms with Crippen LogP contribution in [0.4, 0.5) is 5.69 Å². The van der Waals surface area contributed by atoms with Gasteiger partial charge in [0.2, 0.25) is 17.7 Å². The largest absolute Gasteiger partial charge is 0.464 e. The summed E-state index contributed by atoms with van der Waals surface area (Å²) in [5.74, 6) is -1.15. The van der Waals surface area contributed by atoms with Crippen LogP contribution in [0.2, 0.25) is 0 Å². The van der Waals surface area contributed by atoms with Crippen LogP contribution < -0.4 is 16.4 Å². The fourth-order valence-corrected chi connectivity index (χ4v) is 5.87. The number of nitrogens with one attached hydrogen (secondary N) is 2. The zero-order chi connectivity index (χ0) is 28.8. The van der Waals surface area contributed by atoms with E-state index in [-0.39, 0.29) is 36.0 Å². The van der Waals surface area contributed by atoms with Gasteiger partial charge in [0.05, 0.1) is 24.1 Å². The number of hydrogen-bond acceptors (Lipinski definition) is 7. The molecule has 1 aromatic carbocycles. The zero-order valence-corrected chi connectivity index (χ0v) is 23.5. The Morgan fingerprint density at radius 1 is 1.25 bits per heavy atom. The minimum atomic E-state index is -1.01. The molecule has 5 rings (SSSR count). The number of carbonyl (C=O) groups excluding carboxylic acids is 4. The van der Waals surface area contributed by atoms with E-state index in [1.54, 1.807) is 4.68 Å². The summed E-state index contributed by atoms with van der Waals surface area (Å²) in [4.78, 5) is 53.7. The van der Waals surface area contributed by atoms with Crippen LogP contribution in [-0.2, 0) is 36.5 Å². The molecule has 2 fully saturated rings. The van der Waals surface area contributed by atoms with Gasteiger partial charge in [-0.05, 0) is 57.6 Å². The lowest BCUT2D eigenvalue weighted by atomic mass is 9.79. The average molecular weight is 551 g/mol. The molecule has 1 saturated heterocycles. The van der Waals surface area contributed by atoms with Crippen molar-refractivity contribution in [2.75, 3.05) is 25.5 Å². The Morgan fingerprint density at radius 2 is 1.98 bits per heavy atom. The number of nitrogens with zero attached hydrogens (tertiary/aromatic N) is 3. The molecule has 3 aliphatic rings. The van der Waals surface area contributed by atoms with Gasteiger partial charge in [-0.1, -0.05) is 31.0 Å². The van der Waals surface area contributed by atoms with Crippen molar-refractivity contribution in [2.45, 2.75) is 75.9 Å². The molecule has 0 unspecified atom stereocenters. The van der Waals surface area contributed by atoms with Crippen LogP contribution in [0.1, 0.15) is 68.1 Å². The van der Waals surface area contributed by atoms with Crippen LogP contribution in [0.3, 0.4) is 0 Å². The second-order valence-electron chi connectivity index (χ2n) is 12.2. The molecule has 3 heterocycles. The Labute approximate surface area is 233 Å². The fraction of sp³-hybridized carbons (Fsp3) is 0.552. The highest BCUT2D eigenvalue weighted by Crippen LogP contribution is 2.46. The topological polar surface area (TPSA) is 149 Å². The average Bonchev–Trinajstić information content (AvgIpc) is 3.36. The number of primary amides is 1. The summed E-state index contributed by atoms with van der Waals surface area (Å²) in [6.45, 7) is 6.49. The first-order valence-corrected chi connectivity index (χ1v) is 13.9. The van der Waals surface area contributed by atoms with Crippen molar-refractivity contribution in [3.05, 3.63) is 47.3 Å². The molecular weight excluding hydrogens is 512 g/mol. The minimum absolute atomic E-state index is 0.0932. The third-order valence-corrected chi connectivity index (χ3v) is 8.30. The van der Waals surface area contributed by atoms with Crippen LogP contribution >= 0.6 is 0 Å². The van der Waals surface area contributed by atoms with Crippen molar-refractivity contribution >= 4 is 29.4 Å². The van der Waals surface area contributed by atoms with E-state index in [9.17, 15) is 19.2 Å². The standard InChI is InChI=1S/C29H38N6O5/c1-28(2,3)35-15-18(23(33-35)26(38)40-4)11-12-31-21(13-17-9-10-17)25(37)34-16-29(14-22(34)24(30)36)19-7-5-6-8-20(19)32-27(29)39/h5-8,15,17,21-22,31H,9-14,16H2,1-4H3,(H2,30,36)(H,32,39)/t21-,22-,29-/m0/s1. The molecule has 11 nitrogen and oxygen atoms in total. The number of likely N-dealkylation sites (tertiary alicyclic amines) is 1. The number of amides is 3. The first-order chi connectivity index (χ1) is 18.9. The van der Waals surface area contributed by atoms with Gasteiger partial charge in [-0.25, -0.2) is 4.79 Å². The maximum absolute atomic E-state index is 14.0. The quantitative estimate of drug-likeness (QED) is 0.403. The Kier molecular flexibility index (Phi) is 7.20. The summed E-state index contributed by atoms with van der Waals surface area (Å²) in [6, 6.07) is 5.96. The molecule has 3 atom stereocenters. The summed E-state index contributed by atoms with van der Waals surface area (Å²) >= 11 is 0. The first kappa shape index (κ1) is 27.8. The number of fused-ring (bicyclic) bond motifs is 2. The highest BCUT2D eigenvalue weighted by atomic mass is 16.5. The molecule has 214 valence electrons. The molecule has 0 bridgehead atoms. The second kappa shape index (κ2) is 10.3. The van der Waals surface area contributed by atoms with E-state index in [1.807, 2.05) is 51.2 Å². The number of esters is 1. The van der Waals surface area contributed by atoms with Gasteiger partial charge in [-0.2, -0.15) is 5.10 Å². The molecule has 3 amide bonds. The van der Waals surface area contributed by atoms with Crippen molar-refractivity contribution in [1.29, 1.82) is 0 Å². The van der Waals surface area contributed by atoms with Crippen molar-refractivity contribution in [2.24, 2.45) is 11.7 Å². The first-order valence-electron chi connectivity index (χ1n) is 13.9. The van der Waals surface area contributed by atoms with Gasteiger partial charge in [-0.3, -0.25) is 19.1 Å². The van der Waals surface area contributed by atoms with E-state index in [0.29, 0.717) is 31.0 Å². The zero-order valence-electron chi connectivity index (χ0n) is 23.5. The molecule has 0 radical (unpaired) electrons. The number of methoxy groups -OCH3 is 1. The van der Waals surface area contributed by atoms with Gasteiger partial charge in [0.1, 0.15) is 6.04 Å². The predicted molar refractivity (Wildman–Crippen MR) is 147 cm³/mol. The number of ether oxygens (including phenoxy) is 1. The minimum Gasteiger partial charge on any atom is -0.464 e. The van der Waals surface area contributed by atoms with Crippen LogP contribution in [0, 0.1) is 5.92 Å². The summed E-state index contributed by atoms with van der Waals surface area (Å²) in [5.41, 5.74) is 6.94. The number of carbonyl (C=O) groups is 4. The molecule has 11 heteroatoms. The molecular formula is C29H38N6O5. The number of anilines is 1. The fourth-order valence-electron chi connectivity index (χ4n) is 5.87. The van der Waals surface area contributed by atoms with Crippen LogP contribution in [-0.4, -0.2) is 70.7 Å². The monoisotopic (exact) mass is 550 g/mol. The number of aromatic nitrogens is 2. The van der Waals surface area contributed by atoms with Gasteiger partial charge < -0.3 is 26.0 Å². The predicted octanol–water partition coefficient (Wildman–Crippen LogP) is 1.70. The Morgan fingerprint density at radius 3 is 2.62 bits per heavy atom. The lowest BCUT2D eigenvalue weighted by molar-refractivity contribution is -0.139. The van der Waals surface area contributed by atoms with Gasteiger partial charge in [0.25, 0.3) is 0 Å². The third kappa shape index (κ3) is 5.10. The molecule has 4 N–H and O–H groups in total. The lowest BCUT2D eigenvalue weighted by Gasteiger charge is -2.28. The maximum atomic E-state index is 14.0. The highest BCUT2D eigenvalue weighted by Gasteiger charge is 2.57. The number of benzene rings is 1. The van der Waals surface area contributed by atoms with Crippen LogP contribution in [0.5, 0.6) is 0 Å². The smallest absolute Gasteiger partial charge is 0.358 e. The Balaban J connectivity index is 1.35. The number of para-hydroxylation sites is 1. The van der Waals surface area contributed by atoms with E-state index in [1.165, 1.54) is 12.0 Å². The molecule has 40 heavy (non-hydrogen) atoms. The third-order valence-electron chi connectivity index (χ3n) is 8.30. The molecule has 1 aliphatic carbocycles. The van der Waals surface area contributed by atoms with Gasteiger partial charge in [-0.15, -0.1) is 0 Å². The van der Waals surface area contributed by atoms with Crippen LogP contribution in [0.15, 0.2) is 30.5 Å². The number of hydrogen-bond donors (Lipinski definition) is 3. The van der Waals surface area contributed by atoms with Crippen molar-refractivity contribution in [3.8, 4) is 0 Å². The summed E-state index contributed by atoms with van der Waals surface area (Å²) in [6.07, 6.45) is 5.18. The van der Waals surface area contributed by atoms with Crippen molar-refractivity contribution in [3.63, 3.8) is 0 Å². The maximum Gasteiger partial charge on any atom is 0.358 e. The highest BCUT2D eigenvalue weighted by molar-refractivity contribution is 6.08. The van der Waals surface area contributed by atoms with E-state index in [2.05, 4.69) is 15.7 Å². The number of rotatable bonds is 9. The van der Waals surface area contributed by atoms with Gasteiger partial charge in [0.15, 0.2) is 5.69 Å². The molecule has 2 aliphatic heterocycles. The summed E-state index contributed by atoms with van der Waals surface area (Å²) in [5, 5.41) is 10.8. The van der Waals surface area contributed by atoms with Crippen molar-refractivity contribution in [1.82, 2.24) is 20.0 Å². The van der Waals surface area contributed by atoms with E-state index < -0.39 is 29.4 Å². The Hall–Kier alpha value is -3.73. The summed E-state index contributed by atoms with van der Waals surface area (Å²) < 4.78 is 6.68. The lowest BCUT2D eigenvalue weighted by Crippen LogP contribution is -2.52. The van der Waals surface area contributed by atoms with Crippen LogP contribution in [0.25, 0.3) is 0 Å². The normalized spacial score (nSPS) is 22.8. The molecule has 2 aromatic rings. The molecule has 1 aromatic heterocycles. The van der Waals surface area contributed by atoms with Gasteiger partial charge >= 0.3 is 5.97 Å². The SMILES string of the molecule is COC(=O)c1nn(C(C)(C)C)cc1CCN[C@@H](CC1CC1)C(=O)N1C[C@]2(C[C@H]1C(N)=O)C(=O)Nc1ccccc12. The van der Waals surface area contributed by atoms with E-state index in [4.69, 9.17) is 10.5 Å². The molecule has 1 saturated carbocycles. The molecule has 1 spiro atoms. The van der Waals surface area contributed by atoms with Gasteiger partial charge in [0, 0.05) is 30.5 Å². The number of nitrogens with two attached hydrogens (primary N) is 1. The Bertz CT molecular complexity index is 1340. The van der Waals surface area contributed by atoms with Crippen molar-refractivity contribution < 1.29 is 23.9 Å².